The molecule has 1 fully saturated rings. The van der Waals surface area contributed by atoms with Crippen LogP contribution in [0.5, 0.6) is 0 Å². The Bertz CT molecular complexity index is 558. The molecule has 20 heavy (non-hydrogen) atoms. The van der Waals surface area contributed by atoms with Crippen molar-refractivity contribution in [1.82, 2.24) is 4.31 Å². The van der Waals surface area contributed by atoms with Crippen LogP contribution in [0.15, 0.2) is 24.3 Å². The van der Waals surface area contributed by atoms with E-state index in [2.05, 4.69) is 0 Å². The molecule has 0 N–H and O–H groups in total. The zero-order valence-corrected chi connectivity index (χ0v) is 11.8. The van der Waals surface area contributed by atoms with Crippen molar-refractivity contribution < 1.29 is 21.6 Å². The number of nitrogens with zero attached hydrogens (tertiary/aromatic N) is 1. The van der Waals surface area contributed by atoms with Gasteiger partial charge in [-0.3, -0.25) is 0 Å². The van der Waals surface area contributed by atoms with Crippen LogP contribution in [-0.2, 0) is 16.2 Å². The van der Waals surface area contributed by atoms with Crippen LogP contribution in [0.25, 0.3) is 0 Å². The quantitative estimate of drug-likeness (QED) is 0.842. The normalized spacial score (nSPS) is 19.2. The van der Waals surface area contributed by atoms with E-state index in [1.165, 1.54) is 22.7 Å². The molecular weight excluding hydrogens is 291 g/mol. The second kappa shape index (κ2) is 5.37. The van der Waals surface area contributed by atoms with Crippen LogP contribution < -0.4 is 0 Å². The van der Waals surface area contributed by atoms with Gasteiger partial charge in [-0.05, 0) is 36.5 Å². The maximum Gasteiger partial charge on any atom is 0.416 e. The first-order valence-corrected chi connectivity index (χ1v) is 8.15. The van der Waals surface area contributed by atoms with Gasteiger partial charge >= 0.3 is 6.18 Å². The molecule has 0 spiro atoms. The summed E-state index contributed by atoms with van der Waals surface area (Å²) in [5.74, 6) is 0.121. The van der Waals surface area contributed by atoms with E-state index >= 15 is 0 Å². The smallest absolute Gasteiger partial charge is 0.213 e. The molecule has 1 aliphatic rings. The van der Waals surface area contributed by atoms with Gasteiger partial charge in [0.2, 0.25) is 10.0 Å². The Morgan fingerprint density at radius 1 is 1.10 bits per heavy atom. The fraction of sp³-hybridized carbons (Fsp3) is 0.538. The third kappa shape index (κ3) is 3.52. The van der Waals surface area contributed by atoms with Crippen molar-refractivity contribution in [3.8, 4) is 0 Å². The topological polar surface area (TPSA) is 37.4 Å². The lowest BCUT2D eigenvalue weighted by Gasteiger charge is -2.30. The Hall–Kier alpha value is -1.08. The molecule has 0 amide bonds. The number of rotatable bonds is 2. The molecule has 2 rings (SSSR count). The number of hydrogen-bond acceptors (Lipinski definition) is 2. The van der Waals surface area contributed by atoms with Crippen LogP contribution in [0.3, 0.4) is 0 Å². The summed E-state index contributed by atoms with van der Waals surface area (Å²) in [6.07, 6.45) is -1.87. The molecule has 0 radical (unpaired) electrons. The van der Waals surface area contributed by atoms with Crippen LogP contribution >= 0.6 is 0 Å². The van der Waals surface area contributed by atoms with Crippen LogP contribution in [0.4, 0.5) is 13.2 Å². The minimum absolute atomic E-state index is 0.121. The van der Waals surface area contributed by atoms with E-state index in [-0.39, 0.29) is 5.92 Å². The Morgan fingerprint density at radius 2 is 1.60 bits per heavy atom. The molecule has 0 unspecified atom stereocenters. The molecule has 1 aromatic carbocycles. The maximum absolute atomic E-state index is 12.5. The molecule has 1 heterocycles. The van der Waals surface area contributed by atoms with Gasteiger partial charge in [0.1, 0.15) is 0 Å². The number of hydrogen-bond donors (Lipinski definition) is 0. The number of sulfonamides is 1. The van der Waals surface area contributed by atoms with E-state index < -0.39 is 21.8 Å². The monoisotopic (exact) mass is 307 g/mol. The average Bonchev–Trinajstić information content (AvgIpc) is 2.37. The minimum Gasteiger partial charge on any atom is -0.213 e. The van der Waals surface area contributed by atoms with Gasteiger partial charge in [0, 0.05) is 13.1 Å². The first-order chi connectivity index (χ1) is 9.18. The van der Waals surface area contributed by atoms with E-state index in [9.17, 15) is 21.6 Å². The molecule has 0 atom stereocenters. The van der Waals surface area contributed by atoms with Gasteiger partial charge in [-0.15, -0.1) is 0 Å². The number of benzene rings is 1. The van der Waals surface area contributed by atoms with Crippen molar-refractivity contribution in [2.75, 3.05) is 19.3 Å². The van der Waals surface area contributed by atoms with Gasteiger partial charge < -0.3 is 0 Å². The molecule has 1 aromatic rings. The summed E-state index contributed by atoms with van der Waals surface area (Å²) in [6, 6.07) is 5.14. The van der Waals surface area contributed by atoms with Crippen LogP contribution in [0, 0.1) is 0 Å². The molecule has 112 valence electrons. The first-order valence-electron chi connectivity index (χ1n) is 6.30. The SMILES string of the molecule is CS(=O)(=O)N1CCC(c2ccc(C(F)(F)F)cc2)CC1. The van der Waals surface area contributed by atoms with Gasteiger partial charge in [-0.1, -0.05) is 12.1 Å². The second-order valence-electron chi connectivity index (χ2n) is 5.06. The highest BCUT2D eigenvalue weighted by Gasteiger charge is 2.31. The van der Waals surface area contributed by atoms with E-state index in [4.69, 9.17) is 0 Å². The summed E-state index contributed by atoms with van der Waals surface area (Å²) < 4.78 is 61.6. The largest absolute Gasteiger partial charge is 0.416 e. The molecule has 7 heteroatoms. The Morgan fingerprint density at radius 3 is 2.00 bits per heavy atom. The van der Waals surface area contributed by atoms with E-state index in [1.807, 2.05) is 0 Å². The predicted octanol–water partition coefficient (Wildman–Crippen LogP) is 2.84. The number of piperidine rings is 1. The van der Waals surface area contributed by atoms with E-state index in [1.54, 1.807) is 0 Å². The fourth-order valence-corrected chi connectivity index (χ4v) is 3.34. The Labute approximate surface area is 116 Å². The van der Waals surface area contributed by atoms with Gasteiger partial charge in [0.05, 0.1) is 11.8 Å². The van der Waals surface area contributed by atoms with E-state index in [0.717, 1.165) is 17.7 Å². The summed E-state index contributed by atoms with van der Waals surface area (Å²) in [4.78, 5) is 0. The number of alkyl halides is 3. The molecule has 0 saturated carbocycles. The van der Waals surface area contributed by atoms with Gasteiger partial charge in [0.25, 0.3) is 0 Å². The first kappa shape index (κ1) is 15.3. The molecular formula is C13H16F3NO2S. The highest BCUT2D eigenvalue weighted by Crippen LogP contribution is 2.33. The van der Waals surface area contributed by atoms with Gasteiger partial charge in [-0.25, -0.2) is 12.7 Å². The molecule has 3 nitrogen and oxygen atoms in total. The third-order valence-corrected chi connectivity index (χ3v) is 4.94. The van der Waals surface area contributed by atoms with Crippen LogP contribution in [-0.4, -0.2) is 32.1 Å². The zero-order chi connectivity index (χ0) is 15.0. The summed E-state index contributed by atoms with van der Waals surface area (Å²) >= 11 is 0. The lowest BCUT2D eigenvalue weighted by atomic mass is 9.90. The standard InChI is InChI=1S/C13H16F3NO2S/c1-20(18,19)17-8-6-11(7-9-17)10-2-4-12(5-3-10)13(14,15)16/h2-5,11H,6-9H2,1H3. The van der Waals surface area contributed by atoms with Crippen molar-refractivity contribution in [2.24, 2.45) is 0 Å². The molecule has 0 aromatic heterocycles. The van der Waals surface area contributed by atoms with Crippen LogP contribution in [0.2, 0.25) is 0 Å². The summed E-state index contributed by atoms with van der Waals surface area (Å²) in [6.45, 7) is 0.842. The highest BCUT2D eigenvalue weighted by atomic mass is 32.2. The van der Waals surface area contributed by atoms with Gasteiger partial charge in [-0.2, -0.15) is 13.2 Å². The van der Waals surface area contributed by atoms with Gasteiger partial charge in [0.15, 0.2) is 0 Å². The summed E-state index contributed by atoms with van der Waals surface area (Å²) in [7, 11) is -3.17. The third-order valence-electron chi connectivity index (χ3n) is 3.63. The van der Waals surface area contributed by atoms with Crippen molar-refractivity contribution >= 4 is 10.0 Å². The molecule has 0 aliphatic carbocycles. The molecule has 0 bridgehead atoms. The highest BCUT2D eigenvalue weighted by molar-refractivity contribution is 7.88. The zero-order valence-electron chi connectivity index (χ0n) is 11.0. The maximum atomic E-state index is 12.5. The Kier molecular flexibility index (Phi) is 4.11. The summed E-state index contributed by atoms with van der Waals surface area (Å²) in [5, 5.41) is 0. The fourth-order valence-electron chi connectivity index (χ4n) is 2.47. The lowest BCUT2D eigenvalue weighted by molar-refractivity contribution is -0.137. The Balaban J connectivity index is 2.04. The second-order valence-corrected chi connectivity index (χ2v) is 7.04. The van der Waals surface area contributed by atoms with Crippen molar-refractivity contribution in [3.05, 3.63) is 35.4 Å². The predicted molar refractivity (Wildman–Crippen MR) is 69.8 cm³/mol. The molecule has 1 saturated heterocycles. The van der Waals surface area contributed by atoms with Crippen molar-refractivity contribution in [1.29, 1.82) is 0 Å². The average molecular weight is 307 g/mol. The van der Waals surface area contributed by atoms with E-state index in [0.29, 0.717) is 25.9 Å². The number of halogens is 3. The molecule has 1 aliphatic heterocycles. The van der Waals surface area contributed by atoms with Crippen molar-refractivity contribution in [3.63, 3.8) is 0 Å². The lowest BCUT2D eigenvalue weighted by Crippen LogP contribution is -2.37. The minimum atomic E-state index is -4.32. The van der Waals surface area contributed by atoms with Crippen molar-refractivity contribution in [2.45, 2.75) is 24.9 Å². The van der Waals surface area contributed by atoms with Crippen LogP contribution in [0.1, 0.15) is 29.9 Å². The summed E-state index contributed by atoms with van der Waals surface area (Å²) in [5.41, 5.74) is 0.181.